The minimum absolute atomic E-state index is 0.00226. The van der Waals surface area contributed by atoms with Gasteiger partial charge in [-0.15, -0.1) is 0 Å². The Morgan fingerprint density at radius 2 is 1.36 bits per heavy atom. The number of ketones is 2. The summed E-state index contributed by atoms with van der Waals surface area (Å²) in [5.74, 6) is -5.29. The largest absolute Gasteiger partial charge is 0.468 e. The highest BCUT2D eigenvalue weighted by Crippen LogP contribution is 2.45. The van der Waals surface area contributed by atoms with Crippen molar-refractivity contribution in [3.63, 3.8) is 0 Å². The molecule has 0 saturated carbocycles. The number of methoxy groups -OCH3 is 1. The van der Waals surface area contributed by atoms with Crippen LogP contribution < -0.4 is 19.5 Å². The lowest BCUT2D eigenvalue weighted by molar-refractivity contribution is -0.152. The van der Waals surface area contributed by atoms with Gasteiger partial charge in [0.05, 0.1) is 50.5 Å². The third-order valence-corrected chi connectivity index (χ3v) is 15.6. The number of hydrogen-bond donors (Lipinski definition) is 1. The summed E-state index contributed by atoms with van der Waals surface area (Å²) in [4.78, 5) is 71.5. The number of carbonyl (C=O) groups is 5. The second kappa shape index (κ2) is 30.1. The standard InChI is InChI=1S/C29H22ClF2N3O3.C16H14ClF2NO.C16H24N2O3Si.C5H8O3/c1-29(31,32)15-35-27(16-5-9-18(10-6-16)38-19-11-7-17(30)8-12-19)25-22(28(35)37)14-33-26(25)20-3-2-4-23-21(20)13-24(36)34-23;1-16(18,19)11-20-10-12-2-6-14(7-3-12)21-15-8-4-13(17)5-9-15;1-12(19)13-7-6-8-14-15(13)17-16(20-2)18(14)11-21-9-10-22(3,4)5;1-3-8-5(7)4(2)6/h2-12,27H,13-15H2,1H3,(H,34,36);2-10H,11H2,1H3;6-8H,9-11H2,1-5H3;3H2,1-2H3. The summed E-state index contributed by atoms with van der Waals surface area (Å²) in [6.07, 6.45) is 1.61. The van der Waals surface area contributed by atoms with Gasteiger partial charge in [0.1, 0.15) is 41.8 Å². The fraction of sp³-hybridized carbons (Fsp3) is 0.303. The Morgan fingerprint density at radius 1 is 0.787 bits per heavy atom. The third-order valence-electron chi connectivity index (χ3n) is 13.4. The molecule has 3 aliphatic rings. The van der Waals surface area contributed by atoms with E-state index in [2.05, 4.69) is 44.7 Å². The zero-order valence-electron chi connectivity index (χ0n) is 50.6. The van der Waals surface area contributed by atoms with Crippen LogP contribution in [0, 0.1) is 0 Å². The molecular weight excluding hydrogens is 1210 g/mol. The number of anilines is 1. The number of nitrogens with zero attached hydrogens (tertiary/aromatic N) is 5. The van der Waals surface area contributed by atoms with Crippen LogP contribution in [0.1, 0.15) is 73.3 Å². The van der Waals surface area contributed by atoms with Crippen LogP contribution in [-0.2, 0) is 41.8 Å². The maximum atomic E-state index is 14.3. The number of esters is 1. The molecule has 2 amide bonds. The predicted octanol–water partition coefficient (Wildman–Crippen LogP) is 14.9. The van der Waals surface area contributed by atoms with Gasteiger partial charge < -0.3 is 33.9 Å². The second-order valence-electron chi connectivity index (χ2n) is 22.2. The number of halogens is 6. The molecule has 23 heteroatoms. The maximum Gasteiger partial charge on any atom is 0.374 e. The van der Waals surface area contributed by atoms with Gasteiger partial charge in [-0.3, -0.25) is 33.7 Å². The van der Waals surface area contributed by atoms with Crippen molar-refractivity contribution < 1.29 is 65.2 Å². The number of aromatic nitrogens is 2. The molecule has 0 fully saturated rings. The number of benzene rings is 6. The first-order valence-corrected chi connectivity index (χ1v) is 32.7. The van der Waals surface area contributed by atoms with Crippen LogP contribution in [0.2, 0.25) is 35.7 Å². The number of para-hydroxylation sites is 1. The smallest absolute Gasteiger partial charge is 0.374 e. The Kier molecular flexibility index (Phi) is 23.0. The number of fused-ring (bicyclic) bond motifs is 2. The molecule has 89 heavy (non-hydrogen) atoms. The highest BCUT2D eigenvalue weighted by Gasteiger charge is 2.47. The molecule has 0 bridgehead atoms. The molecular formula is C66H68Cl2F4N6O10Si. The number of hydrogen-bond acceptors (Lipinski definition) is 13. The number of ether oxygens (including phenoxy) is 5. The van der Waals surface area contributed by atoms with Crippen LogP contribution >= 0.6 is 23.2 Å². The van der Waals surface area contributed by atoms with E-state index in [1.54, 1.807) is 124 Å². The van der Waals surface area contributed by atoms with Crippen molar-refractivity contribution in [3.05, 3.63) is 182 Å². The van der Waals surface area contributed by atoms with Gasteiger partial charge in [0.2, 0.25) is 11.7 Å². The van der Waals surface area contributed by atoms with Crippen molar-refractivity contribution in [3.8, 4) is 29.0 Å². The number of imidazole rings is 1. The number of amides is 2. The normalized spacial score (nSPS) is 14.3. The molecule has 0 spiro atoms. The average molecular weight is 1280 g/mol. The van der Waals surface area contributed by atoms with Crippen LogP contribution in [0.15, 0.2) is 155 Å². The fourth-order valence-corrected chi connectivity index (χ4v) is 10.3. The van der Waals surface area contributed by atoms with Gasteiger partial charge in [-0.05, 0) is 140 Å². The minimum atomic E-state index is -3.09. The summed E-state index contributed by atoms with van der Waals surface area (Å²) in [6, 6.07) is 39.9. The molecule has 1 atom stereocenters. The summed E-state index contributed by atoms with van der Waals surface area (Å²) in [7, 11) is 0.472. The van der Waals surface area contributed by atoms with E-state index in [9.17, 15) is 41.5 Å². The Bertz CT molecular complexity index is 3770. The Morgan fingerprint density at radius 3 is 1.88 bits per heavy atom. The number of alkyl halides is 4. The van der Waals surface area contributed by atoms with E-state index < -0.39 is 56.7 Å². The van der Waals surface area contributed by atoms with Gasteiger partial charge in [0, 0.05) is 79.7 Å². The highest BCUT2D eigenvalue weighted by atomic mass is 35.5. The van der Waals surface area contributed by atoms with E-state index in [0.29, 0.717) is 85.0 Å². The first kappa shape index (κ1) is 68.0. The summed E-state index contributed by atoms with van der Waals surface area (Å²) in [5.41, 5.74) is 7.34. The molecule has 16 nitrogen and oxygen atoms in total. The number of Topliss-reactive ketones (excluding diaryl/α,β-unsaturated/α-hetero) is 2. The van der Waals surface area contributed by atoms with Crippen LogP contribution in [0.5, 0.6) is 29.0 Å². The van der Waals surface area contributed by atoms with E-state index in [1.807, 2.05) is 34.9 Å². The zero-order valence-corrected chi connectivity index (χ0v) is 53.1. The van der Waals surface area contributed by atoms with E-state index >= 15 is 0 Å². The van der Waals surface area contributed by atoms with Crippen LogP contribution in [-0.4, -0.2) is 116 Å². The zero-order chi connectivity index (χ0) is 64.8. The first-order valence-electron chi connectivity index (χ1n) is 28.2. The maximum absolute atomic E-state index is 14.3. The third kappa shape index (κ3) is 19.2. The molecule has 6 aromatic carbocycles. The Hall–Kier alpha value is -8.50. The average Bonchev–Trinajstić information content (AvgIpc) is 1.68. The summed E-state index contributed by atoms with van der Waals surface area (Å²) >= 11 is 11.7. The molecule has 7 aromatic rings. The van der Waals surface area contributed by atoms with Crippen LogP contribution in [0.25, 0.3) is 11.0 Å². The van der Waals surface area contributed by atoms with E-state index in [0.717, 1.165) is 48.7 Å². The van der Waals surface area contributed by atoms with Crippen molar-refractivity contribution in [1.29, 1.82) is 0 Å². The lowest BCUT2D eigenvalue weighted by Gasteiger charge is -2.30. The van der Waals surface area contributed by atoms with Crippen LogP contribution in [0.3, 0.4) is 0 Å². The molecule has 1 unspecified atom stereocenters. The van der Waals surface area contributed by atoms with E-state index in [4.69, 9.17) is 42.1 Å². The molecule has 468 valence electrons. The second-order valence-corrected chi connectivity index (χ2v) is 28.7. The number of rotatable bonds is 20. The first-order chi connectivity index (χ1) is 42.1. The van der Waals surface area contributed by atoms with E-state index in [-0.39, 0.29) is 31.3 Å². The van der Waals surface area contributed by atoms with Crippen molar-refractivity contribution in [2.24, 2.45) is 9.98 Å². The molecule has 3 aliphatic heterocycles. The Labute approximate surface area is 524 Å². The number of carbonyl (C=O) groups excluding carboxylic acids is 5. The lowest BCUT2D eigenvalue weighted by atomic mass is 9.89. The molecule has 4 heterocycles. The predicted molar refractivity (Wildman–Crippen MR) is 339 cm³/mol. The van der Waals surface area contributed by atoms with E-state index in [1.165, 1.54) is 18.0 Å². The molecule has 0 saturated heterocycles. The monoisotopic (exact) mass is 1280 g/mol. The van der Waals surface area contributed by atoms with Crippen molar-refractivity contribution in [1.82, 2.24) is 14.5 Å². The van der Waals surface area contributed by atoms with Gasteiger partial charge >= 0.3 is 5.97 Å². The van der Waals surface area contributed by atoms with Gasteiger partial charge in [-0.25, -0.2) is 22.4 Å². The SMILES string of the molecule is CC(F)(F)CN1C(=O)C2=C(C(c3cccc4c3CC(=O)N4)=NC2)C1c1ccc(Oc2ccc(Cl)cc2)cc1.CC(F)(F)CN=Cc1ccc(Oc2ccc(Cl)cc2)cc1.CCOC(=O)C(C)=O.COc1nc2c(C(C)=O)cccc2n1COCC[Si](C)(C)C. The summed E-state index contributed by atoms with van der Waals surface area (Å²) in [5, 5.41) is 4.07. The number of nitrogens with one attached hydrogen (secondary N) is 1. The highest BCUT2D eigenvalue weighted by molar-refractivity contribution is 6.76. The fourth-order valence-electron chi connectivity index (χ4n) is 9.29. The summed E-state index contributed by atoms with van der Waals surface area (Å²) in [6.45, 7) is 13.2. The van der Waals surface area contributed by atoms with Gasteiger partial charge in [0.15, 0.2) is 5.78 Å². The topological polar surface area (TPSA) is 189 Å². The Balaban J connectivity index is 0.000000190. The minimum Gasteiger partial charge on any atom is -0.468 e. The number of aliphatic imine (C=N–C) groups is 2. The molecule has 0 aliphatic carbocycles. The van der Waals surface area contributed by atoms with Gasteiger partial charge in [0.25, 0.3) is 23.8 Å². The molecule has 0 radical (unpaired) electrons. The molecule has 10 rings (SSSR count). The van der Waals surface area contributed by atoms with Gasteiger partial charge in [-0.1, -0.05) is 73.2 Å². The van der Waals surface area contributed by atoms with Crippen molar-refractivity contribution >= 4 is 89.3 Å². The molecule has 1 aromatic heterocycles. The van der Waals surface area contributed by atoms with Crippen LogP contribution in [0.4, 0.5) is 23.2 Å². The quantitative estimate of drug-likeness (QED) is 0.0145. The van der Waals surface area contributed by atoms with Crippen molar-refractivity contribution in [2.75, 3.05) is 45.3 Å². The molecule has 1 N–H and O–H groups in total. The van der Waals surface area contributed by atoms with Crippen molar-refractivity contribution in [2.45, 2.75) is 91.3 Å². The summed E-state index contributed by atoms with van der Waals surface area (Å²) < 4.78 is 82.6. The van der Waals surface area contributed by atoms with Gasteiger partial charge in [-0.2, -0.15) is 4.98 Å². The lowest BCUT2D eigenvalue weighted by Crippen LogP contribution is -2.40.